The highest BCUT2D eigenvalue weighted by Gasteiger charge is 2.26. The summed E-state index contributed by atoms with van der Waals surface area (Å²) < 4.78 is 13.2. The molecule has 0 saturated heterocycles. The van der Waals surface area contributed by atoms with Gasteiger partial charge in [0, 0.05) is 27.7 Å². The quantitative estimate of drug-likeness (QED) is 0.316. The highest BCUT2D eigenvalue weighted by Crippen LogP contribution is 2.45. The van der Waals surface area contributed by atoms with Crippen molar-refractivity contribution in [2.24, 2.45) is 0 Å². The van der Waals surface area contributed by atoms with E-state index in [1.54, 1.807) is 36.0 Å². The fourth-order valence-electron chi connectivity index (χ4n) is 3.69. The number of anilines is 2. The van der Waals surface area contributed by atoms with Crippen LogP contribution in [0.15, 0.2) is 95.0 Å². The molecule has 4 nitrogen and oxygen atoms in total. The Bertz CT molecular complexity index is 1300. The van der Waals surface area contributed by atoms with Crippen molar-refractivity contribution in [3.05, 3.63) is 102 Å². The molecule has 0 radical (unpaired) electrons. The molecular weight excluding hydrogens is 433 g/mol. The van der Waals surface area contributed by atoms with E-state index in [0.29, 0.717) is 22.9 Å². The highest BCUT2D eigenvalue weighted by atomic mass is 32.2. The van der Waals surface area contributed by atoms with Gasteiger partial charge in [0.15, 0.2) is 0 Å². The molecule has 0 aliphatic heterocycles. The Hall–Kier alpha value is -3.64. The van der Waals surface area contributed by atoms with Crippen LogP contribution >= 0.6 is 11.8 Å². The first kappa shape index (κ1) is 21.2. The van der Waals surface area contributed by atoms with Crippen molar-refractivity contribution in [2.45, 2.75) is 28.6 Å². The Morgan fingerprint density at radius 1 is 0.970 bits per heavy atom. The highest BCUT2D eigenvalue weighted by molar-refractivity contribution is 7.99. The molecular formula is C27H22FN3OS. The number of rotatable bonds is 6. The molecule has 1 aliphatic rings. The van der Waals surface area contributed by atoms with Crippen LogP contribution in [-0.4, -0.2) is 10.9 Å². The number of amides is 1. The number of pyridine rings is 1. The number of benzene rings is 3. The predicted molar refractivity (Wildman–Crippen MR) is 131 cm³/mol. The Labute approximate surface area is 196 Å². The van der Waals surface area contributed by atoms with Gasteiger partial charge in [-0.3, -0.25) is 9.78 Å². The van der Waals surface area contributed by atoms with E-state index in [9.17, 15) is 9.18 Å². The number of carbonyl (C=O) groups is 1. The monoisotopic (exact) mass is 455 g/mol. The van der Waals surface area contributed by atoms with E-state index in [1.807, 2.05) is 42.7 Å². The van der Waals surface area contributed by atoms with Gasteiger partial charge in [0.05, 0.1) is 11.4 Å². The molecule has 1 heterocycles. The number of nitrogens with two attached hydrogens (primary N) is 1. The topological polar surface area (TPSA) is 68.0 Å². The Morgan fingerprint density at radius 2 is 1.70 bits per heavy atom. The third kappa shape index (κ3) is 4.91. The Kier molecular flexibility index (Phi) is 5.84. The molecule has 33 heavy (non-hydrogen) atoms. The van der Waals surface area contributed by atoms with E-state index in [0.717, 1.165) is 16.0 Å². The molecule has 0 atom stereocenters. The zero-order valence-electron chi connectivity index (χ0n) is 17.8. The number of nitrogens with zero attached hydrogens (tertiary/aromatic N) is 1. The second-order valence-corrected chi connectivity index (χ2v) is 9.19. The summed E-state index contributed by atoms with van der Waals surface area (Å²) in [5.41, 5.74) is 10.6. The van der Waals surface area contributed by atoms with Crippen LogP contribution in [0.2, 0.25) is 0 Å². The number of aromatic nitrogens is 1. The molecule has 3 aromatic carbocycles. The smallest absolute Gasteiger partial charge is 0.255 e. The standard InChI is InChI=1S/C27H22FN3OS/c28-21-8-3-17(4-9-21)20-7-12-24(29)25(15-20)31-27(32)19-5-10-22(11-6-19)33-26-16-30-14-13-23(26)18-1-2-18/h3-16,18H,1-2,29H2,(H,31,32). The summed E-state index contributed by atoms with van der Waals surface area (Å²) in [4.78, 5) is 19.3. The number of carbonyl (C=O) groups excluding carboxylic acids is 1. The number of hydrogen-bond acceptors (Lipinski definition) is 4. The molecule has 0 unspecified atom stereocenters. The summed E-state index contributed by atoms with van der Waals surface area (Å²) in [6.07, 6.45) is 6.24. The fourth-order valence-corrected chi connectivity index (χ4v) is 4.68. The van der Waals surface area contributed by atoms with Crippen LogP contribution < -0.4 is 11.1 Å². The maximum absolute atomic E-state index is 13.2. The summed E-state index contributed by atoms with van der Waals surface area (Å²) in [5.74, 6) is 0.114. The number of nitrogen functional groups attached to an aromatic ring is 1. The summed E-state index contributed by atoms with van der Waals surface area (Å²) >= 11 is 1.67. The van der Waals surface area contributed by atoms with Crippen LogP contribution in [0.3, 0.4) is 0 Å². The van der Waals surface area contributed by atoms with Crippen molar-refractivity contribution in [1.29, 1.82) is 0 Å². The van der Waals surface area contributed by atoms with Gasteiger partial charge >= 0.3 is 0 Å². The molecule has 1 aromatic heterocycles. The Balaban J connectivity index is 1.30. The van der Waals surface area contributed by atoms with E-state index in [2.05, 4.69) is 16.4 Å². The average molecular weight is 456 g/mol. The average Bonchev–Trinajstić information content (AvgIpc) is 3.67. The maximum atomic E-state index is 13.2. The zero-order valence-corrected chi connectivity index (χ0v) is 18.6. The van der Waals surface area contributed by atoms with Gasteiger partial charge in [-0.05, 0) is 90.0 Å². The van der Waals surface area contributed by atoms with Gasteiger partial charge in [0.2, 0.25) is 0 Å². The molecule has 0 bridgehead atoms. The molecule has 0 spiro atoms. The number of nitrogens with one attached hydrogen (secondary N) is 1. The normalized spacial score (nSPS) is 13.0. The van der Waals surface area contributed by atoms with Gasteiger partial charge in [-0.15, -0.1) is 0 Å². The van der Waals surface area contributed by atoms with E-state index < -0.39 is 0 Å². The molecule has 3 N–H and O–H groups in total. The second-order valence-electron chi connectivity index (χ2n) is 8.08. The number of hydrogen-bond donors (Lipinski definition) is 2. The van der Waals surface area contributed by atoms with Crippen molar-refractivity contribution >= 4 is 29.0 Å². The van der Waals surface area contributed by atoms with Gasteiger partial charge < -0.3 is 11.1 Å². The van der Waals surface area contributed by atoms with Crippen molar-refractivity contribution in [2.75, 3.05) is 11.1 Å². The maximum Gasteiger partial charge on any atom is 0.255 e. The molecule has 1 aliphatic carbocycles. The first-order valence-corrected chi connectivity index (χ1v) is 11.6. The van der Waals surface area contributed by atoms with Crippen LogP contribution in [0.25, 0.3) is 11.1 Å². The molecule has 5 rings (SSSR count). The zero-order chi connectivity index (χ0) is 22.8. The summed E-state index contributed by atoms with van der Waals surface area (Å²) in [5, 5.41) is 2.89. The molecule has 1 amide bonds. The molecule has 164 valence electrons. The van der Waals surface area contributed by atoms with Gasteiger partial charge in [-0.25, -0.2) is 4.39 Å². The largest absolute Gasteiger partial charge is 0.397 e. The van der Waals surface area contributed by atoms with Crippen molar-refractivity contribution in [1.82, 2.24) is 4.98 Å². The van der Waals surface area contributed by atoms with Crippen LogP contribution in [0.1, 0.15) is 34.7 Å². The SMILES string of the molecule is Nc1ccc(-c2ccc(F)cc2)cc1NC(=O)c1ccc(Sc2cnccc2C2CC2)cc1. The third-order valence-corrected chi connectivity index (χ3v) is 6.73. The second kappa shape index (κ2) is 9.08. The van der Waals surface area contributed by atoms with Gasteiger partial charge in [0.25, 0.3) is 5.91 Å². The molecule has 4 aromatic rings. The van der Waals surface area contributed by atoms with Crippen LogP contribution in [0, 0.1) is 5.82 Å². The summed E-state index contributed by atoms with van der Waals surface area (Å²) in [7, 11) is 0. The lowest BCUT2D eigenvalue weighted by atomic mass is 10.0. The lowest BCUT2D eigenvalue weighted by Crippen LogP contribution is -2.13. The van der Waals surface area contributed by atoms with Crippen molar-refractivity contribution in [3.8, 4) is 11.1 Å². The number of halogens is 1. The lowest BCUT2D eigenvalue weighted by Gasteiger charge is -2.11. The third-order valence-electron chi connectivity index (χ3n) is 5.66. The molecule has 1 saturated carbocycles. The van der Waals surface area contributed by atoms with Crippen molar-refractivity contribution < 1.29 is 9.18 Å². The summed E-state index contributed by atoms with van der Waals surface area (Å²) in [6.45, 7) is 0. The summed E-state index contributed by atoms with van der Waals surface area (Å²) in [6, 6.07) is 21.2. The first-order valence-electron chi connectivity index (χ1n) is 10.8. The minimum absolute atomic E-state index is 0.241. The van der Waals surface area contributed by atoms with E-state index in [1.165, 1.54) is 35.4 Å². The van der Waals surface area contributed by atoms with Crippen LogP contribution in [-0.2, 0) is 0 Å². The van der Waals surface area contributed by atoms with Crippen LogP contribution in [0.5, 0.6) is 0 Å². The van der Waals surface area contributed by atoms with E-state index in [-0.39, 0.29) is 11.7 Å². The van der Waals surface area contributed by atoms with Crippen LogP contribution in [0.4, 0.5) is 15.8 Å². The van der Waals surface area contributed by atoms with E-state index >= 15 is 0 Å². The van der Waals surface area contributed by atoms with Gasteiger partial charge in [0.1, 0.15) is 5.82 Å². The molecule has 6 heteroatoms. The lowest BCUT2D eigenvalue weighted by molar-refractivity contribution is 0.102. The fraction of sp³-hybridized carbons (Fsp3) is 0.111. The Morgan fingerprint density at radius 3 is 2.42 bits per heavy atom. The van der Waals surface area contributed by atoms with Gasteiger partial charge in [-0.2, -0.15) is 0 Å². The van der Waals surface area contributed by atoms with Crippen molar-refractivity contribution in [3.63, 3.8) is 0 Å². The molecule has 1 fully saturated rings. The minimum atomic E-state index is -0.295. The minimum Gasteiger partial charge on any atom is -0.397 e. The van der Waals surface area contributed by atoms with E-state index in [4.69, 9.17) is 5.73 Å². The van der Waals surface area contributed by atoms with Gasteiger partial charge in [-0.1, -0.05) is 30.0 Å². The predicted octanol–water partition coefficient (Wildman–Crippen LogP) is 6.75. The first-order chi connectivity index (χ1) is 16.1.